The van der Waals surface area contributed by atoms with Crippen LogP contribution in [0.2, 0.25) is 0 Å². The number of pyridine rings is 2. The quantitative estimate of drug-likeness (QED) is 0.855. The lowest BCUT2D eigenvalue weighted by atomic mass is 10.0. The number of aliphatic hydroxyl groups excluding tert-OH is 1. The summed E-state index contributed by atoms with van der Waals surface area (Å²) in [5.74, 6) is -0.487. The number of aromatic nitrogens is 2. The first-order chi connectivity index (χ1) is 7.77. The van der Waals surface area contributed by atoms with Crippen molar-refractivity contribution in [2.75, 3.05) is 0 Å². The molecule has 0 aromatic carbocycles. The molecule has 0 amide bonds. The minimum Gasteiger partial charge on any atom is -0.388 e. The van der Waals surface area contributed by atoms with Crippen molar-refractivity contribution in [1.29, 1.82) is 0 Å². The molecule has 0 saturated carbocycles. The molecule has 82 valence electrons. The molecule has 0 fully saturated rings. The van der Waals surface area contributed by atoms with Crippen LogP contribution < -0.4 is 0 Å². The standard InChI is InChI=1S/C12H11FN2O/c13-11-8-15-5-3-10(11)12(16)6-9-2-1-4-14-7-9/h1-5,7-8,12,16H,6H2. The Morgan fingerprint density at radius 1 is 1.19 bits per heavy atom. The van der Waals surface area contributed by atoms with Gasteiger partial charge in [-0.15, -0.1) is 0 Å². The van der Waals surface area contributed by atoms with Crippen molar-refractivity contribution in [3.05, 3.63) is 59.9 Å². The Kier molecular flexibility index (Phi) is 3.22. The number of aliphatic hydroxyl groups is 1. The highest BCUT2D eigenvalue weighted by atomic mass is 19.1. The minimum atomic E-state index is -0.868. The molecule has 3 nitrogen and oxygen atoms in total. The maximum Gasteiger partial charge on any atom is 0.147 e. The largest absolute Gasteiger partial charge is 0.388 e. The second-order valence-electron chi connectivity index (χ2n) is 3.48. The third kappa shape index (κ3) is 2.41. The van der Waals surface area contributed by atoms with E-state index in [9.17, 15) is 9.50 Å². The van der Waals surface area contributed by atoms with E-state index in [4.69, 9.17) is 0 Å². The highest BCUT2D eigenvalue weighted by Crippen LogP contribution is 2.19. The average molecular weight is 218 g/mol. The average Bonchev–Trinajstić information content (AvgIpc) is 2.31. The van der Waals surface area contributed by atoms with E-state index in [2.05, 4.69) is 9.97 Å². The minimum absolute atomic E-state index is 0.263. The molecule has 4 heteroatoms. The lowest BCUT2D eigenvalue weighted by Crippen LogP contribution is -2.04. The summed E-state index contributed by atoms with van der Waals surface area (Å²) >= 11 is 0. The Morgan fingerprint density at radius 2 is 2.00 bits per heavy atom. The van der Waals surface area contributed by atoms with Crippen molar-refractivity contribution >= 4 is 0 Å². The number of rotatable bonds is 3. The first kappa shape index (κ1) is 10.7. The van der Waals surface area contributed by atoms with Gasteiger partial charge in [0.15, 0.2) is 0 Å². The molecule has 0 saturated heterocycles. The number of halogens is 1. The summed E-state index contributed by atoms with van der Waals surface area (Å²) < 4.78 is 13.3. The molecule has 16 heavy (non-hydrogen) atoms. The van der Waals surface area contributed by atoms with Crippen molar-refractivity contribution < 1.29 is 9.50 Å². The van der Waals surface area contributed by atoms with Gasteiger partial charge in [0, 0.05) is 30.6 Å². The van der Waals surface area contributed by atoms with E-state index < -0.39 is 11.9 Å². The van der Waals surface area contributed by atoms with Gasteiger partial charge in [-0.3, -0.25) is 9.97 Å². The fourth-order valence-corrected chi connectivity index (χ4v) is 1.51. The van der Waals surface area contributed by atoms with Crippen LogP contribution in [0.4, 0.5) is 4.39 Å². The van der Waals surface area contributed by atoms with E-state index in [1.807, 2.05) is 6.07 Å². The smallest absolute Gasteiger partial charge is 0.147 e. The van der Waals surface area contributed by atoms with Crippen LogP contribution in [0.1, 0.15) is 17.2 Å². The van der Waals surface area contributed by atoms with Crippen LogP contribution in [0.3, 0.4) is 0 Å². The second kappa shape index (κ2) is 4.81. The summed E-state index contributed by atoms with van der Waals surface area (Å²) in [6.07, 6.45) is 5.35. The van der Waals surface area contributed by atoms with Gasteiger partial charge in [0.2, 0.25) is 0 Å². The van der Waals surface area contributed by atoms with E-state index in [0.717, 1.165) is 11.8 Å². The molecule has 0 bridgehead atoms. The predicted octanol–water partition coefficient (Wildman–Crippen LogP) is 1.89. The monoisotopic (exact) mass is 218 g/mol. The predicted molar refractivity (Wildman–Crippen MR) is 57.1 cm³/mol. The molecule has 1 unspecified atom stereocenters. The molecule has 0 aliphatic heterocycles. The van der Waals surface area contributed by atoms with Gasteiger partial charge >= 0.3 is 0 Å². The van der Waals surface area contributed by atoms with Crippen LogP contribution in [0, 0.1) is 5.82 Å². The summed E-state index contributed by atoms with van der Waals surface area (Å²) in [6, 6.07) is 5.11. The molecule has 2 aromatic heterocycles. The fraction of sp³-hybridized carbons (Fsp3) is 0.167. The zero-order valence-corrected chi connectivity index (χ0v) is 8.55. The zero-order valence-electron chi connectivity index (χ0n) is 8.55. The van der Waals surface area contributed by atoms with E-state index >= 15 is 0 Å². The SMILES string of the molecule is OC(Cc1cccnc1)c1ccncc1F. The van der Waals surface area contributed by atoms with Crippen molar-refractivity contribution in [2.24, 2.45) is 0 Å². The highest BCUT2D eigenvalue weighted by Gasteiger charge is 2.12. The van der Waals surface area contributed by atoms with Gasteiger partial charge in [-0.2, -0.15) is 0 Å². The Morgan fingerprint density at radius 3 is 2.69 bits per heavy atom. The molecular weight excluding hydrogens is 207 g/mol. The van der Waals surface area contributed by atoms with Crippen LogP contribution in [0.25, 0.3) is 0 Å². The molecule has 1 atom stereocenters. The third-order valence-electron chi connectivity index (χ3n) is 2.31. The Hall–Kier alpha value is -1.81. The van der Waals surface area contributed by atoms with Crippen molar-refractivity contribution in [1.82, 2.24) is 9.97 Å². The second-order valence-corrected chi connectivity index (χ2v) is 3.48. The van der Waals surface area contributed by atoms with E-state index in [0.29, 0.717) is 6.42 Å². The Bertz CT molecular complexity index is 462. The first-order valence-electron chi connectivity index (χ1n) is 4.94. The van der Waals surface area contributed by atoms with Gasteiger partial charge in [-0.25, -0.2) is 4.39 Å². The van der Waals surface area contributed by atoms with E-state index in [1.165, 1.54) is 12.3 Å². The van der Waals surface area contributed by atoms with Crippen molar-refractivity contribution in [2.45, 2.75) is 12.5 Å². The number of hydrogen-bond acceptors (Lipinski definition) is 3. The normalized spacial score (nSPS) is 12.4. The van der Waals surface area contributed by atoms with Crippen LogP contribution in [-0.2, 0) is 6.42 Å². The van der Waals surface area contributed by atoms with Crippen LogP contribution in [0.5, 0.6) is 0 Å². The van der Waals surface area contributed by atoms with E-state index in [1.54, 1.807) is 18.5 Å². The van der Waals surface area contributed by atoms with Gasteiger partial charge < -0.3 is 5.11 Å². The summed E-state index contributed by atoms with van der Waals surface area (Å²) in [6.45, 7) is 0. The van der Waals surface area contributed by atoms with Crippen LogP contribution in [-0.4, -0.2) is 15.1 Å². The molecular formula is C12H11FN2O. The van der Waals surface area contributed by atoms with E-state index in [-0.39, 0.29) is 5.56 Å². The Labute approximate surface area is 92.6 Å². The van der Waals surface area contributed by atoms with Crippen molar-refractivity contribution in [3.8, 4) is 0 Å². The molecule has 2 heterocycles. The molecule has 2 rings (SSSR count). The van der Waals surface area contributed by atoms with Crippen LogP contribution in [0.15, 0.2) is 43.0 Å². The lowest BCUT2D eigenvalue weighted by Gasteiger charge is -2.11. The number of nitrogens with zero attached hydrogens (tertiary/aromatic N) is 2. The van der Waals surface area contributed by atoms with Gasteiger partial charge in [0.25, 0.3) is 0 Å². The Balaban J connectivity index is 2.15. The van der Waals surface area contributed by atoms with Gasteiger partial charge in [-0.05, 0) is 17.7 Å². The molecule has 0 radical (unpaired) electrons. The third-order valence-corrected chi connectivity index (χ3v) is 2.31. The van der Waals surface area contributed by atoms with Gasteiger partial charge in [0.05, 0.1) is 12.3 Å². The summed E-state index contributed by atoms with van der Waals surface area (Å²) in [7, 11) is 0. The highest BCUT2D eigenvalue weighted by molar-refractivity contribution is 5.19. The fourth-order valence-electron chi connectivity index (χ4n) is 1.51. The molecule has 2 aromatic rings. The van der Waals surface area contributed by atoms with Crippen molar-refractivity contribution in [3.63, 3.8) is 0 Å². The molecule has 1 N–H and O–H groups in total. The topological polar surface area (TPSA) is 46.0 Å². The maximum absolute atomic E-state index is 13.3. The number of hydrogen-bond donors (Lipinski definition) is 1. The zero-order chi connectivity index (χ0) is 11.4. The lowest BCUT2D eigenvalue weighted by molar-refractivity contribution is 0.173. The molecule has 0 aliphatic carbocycles. The molecule has 0 aliphatic rings. The van der Waals surface area contributed by atoms with Gasteiger partial charge in [0.1, 0.15) is 5.82 Å². The first-order valence-corrected chi connectivity index (χ1v) is 4.94. The summed E-state index contributed by atoms with van der Waals surface area (Å²) in [4.78, 5) is 7.57. The maximum atomic E-state index is 13.3. The summed E-state index contributed by atoms with van der Waals surface area (Å²) in [5, 5.41) is 9.86. The van der Waals surface area contributed by atoms with Gasteiger partial charge in [-0.1, -0.05) is 6.07 Å². The van der Waals surface area contributed by atoms with Crippen LogP contribution >= 0.6 is 0 Å². The molecule has 0 spiro atoms. The summed E-state index contributed by atoms with van der Waals surface area (Å²) in [5.41, 5.74) is 1.13.